The van der Waals surface area contributed by atoms with Crippen LogP contribution in [-0.2, 0) is 0 Å². The van der Waals surface area contributed by atoms with Crippen LogP contribution in [0.2, 0.25) is 0 Å². The molecule has 0 aliphatic carbocycles. The average Bonchev–Trinajstić information content (AvgIpc) is 2.97. The first-order valence-electron chi connectivity index (χ1n) is 5.57. The van der Waals surface area contributed by atoms with Crippen molar-refractivity contribution in [3.63, 3.8) is 0 Å². The molecule has 84 valence electrons. The number of aromatic nitrogens is 2. The lowest BCUT2D eigenvalue weighted by Gasteiger charge is -2.09. The molecule has 0 amide bonds. The number of pyridine rings is 1. The van der Waals surface area contributed by atoms with E-state index in [-0.39, 0.29) is 0 Å². The third-order valence-electron chi connectivity index (χ3n) is 2.97. The molecule has 0 saturated carbocycles. The summed E-state index contributed by atoms with van der Waals surface area (Å²) in [6.45, 7) is 3.18. The van der Waals surface area contributed by atoms with Gasteiger partial charge in [0.15, 0.2) is 5.58 Å². The van der Waals surface area contributed by atoms with Crippen LogP contribution in [0.4, 0.5) is 5.82 Å². The minimum absolute atomic E-state index is 0.701. The lowest BCUT2D eigenvalue weighted by Crippen LogP contribution is -2.17. The molecule has 2 N–H and O–H groups in total. The second-order valence-corrected chi connectivity index (χ2v) is 4.17. The van der Waals surface area contributed by atoms with Crippen molar-refractivity contribution in [2.24, 2.45) is 5.92 Å². The van der Waals surface area contributed by atoms with E-state index in [9.17, 15) is 0 Å². The fraction of sp³-hybridized carbons (Fsp3) is 0.455. The first-order chi connectivity index (χ1) is 7.92. The molecule has 1 aliphatic heterocycles. The van der Waals surface area contributed by atoms with Crippen LogP contribution in [0, 0.1) is 5.92 Å². The molecule has 16 heavy (non-hydrogen) atoms. The molecule has 5 nitrogen and oxygen atoms in total. The predicted molar refractivity (Wildman–Crippen MR) is 61.3 cm³/mol. The van der Waals surface area contributed by atoms with Gasteiger partial charge in [-0.2, -0.15) is 0 Å². The summed E-state index contributed by atoms with van der Waals surface area (Å²) in [5, 5.41) is 11.3. The number of nitrogens with one attached hydrogen (secondary N) is 2. The molecule has 0 aromatic carbocycles. The van der Waals surface area contributed by atoms with Crippen LogP contribution in [0.3, 0.4) is 0 Å². The SMILES string of the molecule is c1noc2cc(NCC3CCNC3)ncc12. The largest absolute Gasteiger partial charge is 0.370 e. The Kier molecular flexibility index (Phi) is 2.46. The summed E-state index contributed by atoms with van der Waals surface area (Å²) >= 11 is 0. The number of fused-ring (bicyclic) bond motifs is 1. The lowest BCUT2D eigenvalue weighted by molar-refractivity contribution is 0.456. The molecule has 0 bridgehead atoms. The lowest BCUT2D eigenvalue weighted by atomic mass is 10.1. The standard InChI is InChI=1S/C11H14N4O/c1-2-12-4-8(1)5-13-11-3-10-9(6-14-11)7-15-16-10/h3,6-8,12H,1-2,4-5H2,(H,13,14). The van der Waals surface area contributed by atoms with Crippen molar-refractivity contribution in [2.75, 3.05) is 25.0 Å². The van der Waals surface area contributed by atoms with Gasteiger partial charge in [-0.3, -0.25) is 0 Å². The maximum atomic E-state index is 5.09. The minimum atomic E-state index is 0.701. The van der Waals surface area contributed by atoms with E-state index in [0.717, 1.165) is 36.4 Å². The summed E-state index contributed by atoms with van der Waals surface area (Å²) in [4.78, 5) is 4.31. The van der Waals surface area contributed by atoms with Gasteiger partial charge in [0.25, 0.3) is 0 Å². The summed E-state index contributed by atoms with van der Waals surface area (Å²) in [5.41, 5.74) is 0.780. The second-order valence-electron chi connectivity index (χ2n) is 4.17. The normalized spacial score (nSPS) is 20.4. The third kappa shape index (κ3) is 1.86. The van der Waals surface area contributed by atoms with Crippen molar-refractivity contribution in [1.29, 1.82) is 0 Å². The van der Waals surface area contributed by atoms with Gasteiger partial charge < -0.3 is 15.2 Å². The molecule has 1 fully saturated rings. The van der Waals surface area contributed by atoms with Gasteiger partial charge in [0.1, 0.15) is 5.82 Å². The van der Waals surface area contributed by atoms with E-state index in [0.29, 0.717) is 5.92 Å². The molecule has 0 spiro atoms. The zero-order valence-electron chi connectivity index (χ0n) is 8.94. The topological polar surface area (TPSA) is 63.0 Å². The molecular formula is C11H14N4O. The first-order valence-corrected chi connectivity index (χ1v) is 5.57. The molecule has 0 radical (unpaired) electrons. The highest BCUT2D eigenvalue weighted by molar-refractivity contribution is 5.77. The molecule has 2 aromatic rings. The monoisotopic (exact) mass is 218 g/mol. The van der Waals surface area contributed by atoms with Crippen molar-refractivity contribution in [2.45, 2.75) is 6.42 Å². The molecule has 2 aromatic heterocycles. The molecule has 1 atom stereocenters. The van der Waals surface area contributed by atoms with E-state index in [1.54, 1.807) is 12.4 Å². The smallest absolute Gasteiger partial charge is 0.172 e. The zero-order valence-corrected chi connectivity index (χ0v) is 8.94. The van der Waals surface area contributed by atoms with E-state index < -0.39 is 0 Å². The molecule has 1 saturated heterocycles. The Morgan fingerprint density at radius 1 is 1.50 bits per heavy atom. The quantitative estimate of drug-likeness (QED) is 0.811. The van der Waals surface area contributed by atoms with E-state index in [1.807, 2.05) is 6.07 Å². The van der Waals surface area contributed by atoms with Crippen molar-refractivity contribution in [3.8, 4) is 0 Å². The summed E-state index contributed by atoms with van der Waals surface area (Å²) < 4.78 is 5.09. The number of hydrogen-bond acceptors (Lipinski definition) is 5. The number of anilines is 1. The zero-order chi connectivity index (χ0) is 10.8. The van der Waals surface area contributed by atoms with Crippen LogP contribution in [0.5, 0.6) is 0 Å². The van der Waals surface area contributed by atoms with Crippen molar-refractivity contribution < 1.29 is 4.52 Å². The van der Waals surface area contributed by atoms with Crippen molar-refractivity contribution in [1.82, 2.24) is 15.5 Å². The Morgan fingerprint density at radius 2 is 2.50 bits per heavy atom. The first kappa shape index (κ1) is 9.59. The van der Waals surface area contributed by atoms with Crippen molar-refractivity contribution >= 4 is 16.8 Å². The number of nitrogens with zero attached hydrogens (tertiary/aromatic N) is 2. The van der Waals surface area contributed by atoms with Crippen LogP contribution < -0.4 is 10.6 Å². The second kappa shape index (κ2) is 4.09. The van der Waals surface area contributed by atoms with Crippen LogP contribution in [0.15, 0.2) is 23.0 Å². The molecular weight excluding hydrogens is 204 g/mol. The van der Waals surface area contributed by atoms with Crippen LogP contribution in [-0.4, -0.2) is 29.8 Å². The Bertz CT molecular complexity index is 476. The highest BCUT2D eigenvalue weighted by Crippen LogP contribution is 2.16. The van der Waals surface area contributed by atoms with Gasteiger partial charge >= 0.3 is 0 Å². The molecule has 5 heteroatoms. The van der Waals surface area contributed by atoms with Crippen LogP contribution in [0.25, 0.3) is 11.0 Å². The fourth-order valence-corrected chi connectivity index (χ4v) is 2.00. The summed E-state index contributed by atoms with van der Waals surface area (Å²) in [6.07, 6.45) is 4.69. The predicted octanol–water partition coefficient (Wildman–Crippen LogP) is 1.24. The highest BCUT2D eigenvalue weighted by Gasteiger charge is 2.14. The summed E-state index contributed by atoms with van der Waals surface area (Å²) in [6, 6.07) is 1.89. The Hall–Kier alpha value is -1.62. The summed E-state index contributed by atoms with van der Waals surface area (Å²) in [7, 11) is 0. The van der Waals surface area contributed by atoms with Gasteiger partial charge in [0, 0.05) is 18.8 Å². The van der Waals surface area contributed by atoms with Gasteiger partial charge in [-0.15, -0.1) is 0 Å². The Labute approximate surface area is 93.2 Å². The van der Waals surface area contributed by atoms with E-state index in [2.05, 4.69) is 20.8 Å². The number of rotatable bonds is 3. The highest BCUT2D eigenvalue weighted by atomic mass is 16.5. The van der Waals surface area contributed by atoms with Gasteiger partial charge in [-0.05, 0) is 25.4 Å². The number of hydrogen-bond donors (Lipinski definition) is 2. The third-order valence-corrected chi connectivity index (χ3v) is 2.97. The van der Waals surface area contributed by atoms with Crippen LogP contribution in [0.1, 0.15) is 6.42 Å². The van der Waals surface area contributed by atoms with Gasteiger partial charge in [-0.1, -0.05) is 5.16 Å². The Morgan fingerprint density at radius 3 is 3.38 bits per heavy atom. The van der Waals surface area contributed by atoms with Crippen molar-refractivity contribution in [3.05, 3.63) is 18.5 Å². The van der Waals surface area contributed by atoms with Gasteiger partial charge in [-0.25, -0.2) is 4.98 Å². The Balaban J connectivity index is 1.68. The van der Waals surface area contributed by atoms with Crippen LogP contribution >= 0.6 is 0 Å². The van der Waals surface area contributed by atoms with E-state index in [1.165, 1.54) is 6.42 Å². The maximum absolute atomic E-state index is 5.09. The molecule has 1 aliphatic rings. The maximum Gasteiger partial charge on any atom is 0.172 e. The average molecular weight is 218 g/mol. The fourth-order valence-electron chi connectivity index (χ4n) is 2.00. The van der Waals surface area contributed by atoms with Gasteiger partial charge in [0.2, 0.25) is 0 Å². The van der Waals surface area contributed by atoms with E-state index in [4.69, 9.17) is 4.52 Å². The summed E-state index contributed by atoms with van der Waals surface area (Å²) in [5.74, 6) is 1.56. The molecule has 3 heterocycles. The molecule has 1 unspecified atom stereocenters. The minimum Gasteiger partial charge on any atom is -0.370 e. The molecule has 3 rings (SSSR count). The van der Waals surface area contributed by atoms with E-state index >= 15 is 0 Å². The van der Waals surface area contributed by atoms with Gasteiger partial charge in [0.05, 0.1) is 11.6 Å².